The monoisotopic (exact) mass is 311 g/mol. The molecular weight excluding hydrogens is 285 g/mol. The van der Waals surface area contributed by atoms with Gasteiger partial charge in [0.1, 0.15) is 5.82 Å². The van der Waals surface area contributed by atoms with E-state index in [-0.39, 0.29) is 5.82 Å². The maximum atomic E-state index is 14.1. The molecule has 1 aromatic carbocycles. The lowest BCUT2D eigenvalue weighted by atomic mass is 9.64. The van der Waals surface area contributed by atoms with Crippen LogP contribution in [0.2, 0.25) is 5.02 Å². The molecule has 2 rings (SSSR count). The Morgan fingerprint density at radius 3 is 2.52 bits per heavy atom. The van der Waals surface area contributed by atoms with Crippen LogP contribution in [0.4, 0.5) is 4.39 Å². The Morgan fingerprint density at radius 2 is 1.95 bits per heavy atom. The second kappa shape index (κ2) is 6.66. The largest absolute Gasteiger partial charge is 0.330 e. The van der Waals surface area contributed by atoms with Crippen LogP contribution in [0.25, 0.3) is 0 Å². The molecule has 1 fully saturated rings. The van der Waals surface area contributed by atoms with E-state index in [1.807, 2.05) is 0 Å². The van der Waals surface area contributed by atoms with Crippen molar-refractivity contribution in [3.63, 3.8) is 0 Å². The minimum Gasteiger partial charge on any atom is -0.330 e. The van der Waals surface area contributed by atoms with Gasteiger partial charge in [0.2, 0.25) is 0 Å². The van der Waals surface area contributed by atoms with Crippen LogP contribution in [-0.2, 0) is 6.42 Å². The van der Waals surface area contributed by atoms with Crippen molar-refractivity contribution in [2.24, 2.45) is 28.9 Å². The van der Waals surface area contributed by atoms with Gasteiger partial charge in [-0.05, 0) is 67.5 Å². The van der Waals surface area contributed by atoms with Crippen molar-refractivity contribution in [1.82, 2.24) is 0 Å². The lowest BCUT2D eigenvalue weighted by Gasteiger charge is -2.42. The van der Waals surface area contributed by atoms with Crippen LogP contribution >= 0.6 is 11.6 Å². The molecule has 0 radical (unpaired) electrons. The molecule has 0 aliphatic heterocycles. The Kier molecular flexibility index (Phi) is 5.32. The third-order valence-electron chi connectivity index (χ3n) is 5.20. The van der Waals surface area contributed by atoms with Crippen molar-refractivity contribution in [1.29, 1.82) is 0 Å². The van der Waals surface area contributed by atoms with Gasteiger partial charge >= 0.3 is 0 Å². The van der Waals surface area contributed by atoms with Gasteiger partial charge in [-0.1, -0.05) is 38.4 Å². The first-order valence-corrected chi connectivity index (χ1v) is 8.33. The summed E-state index contributed by atoms with van der Waals surface area (Å²) in [4.78, 5) is 0. The molecule has 3 heteroatoms. The molecule has 0 amide bonds. The first kappa shape index (κ1) is 16.8. The quantitative estimate of drug-likeness (QED) is 0.829. The smallest absolute Gasteiger partial charge is 0.127 e. The summed E-state index contributed by atoms with van der Waals surface area (Å²) in [6.45, 7) is 7.59. The maximum absolute atomic E-state index is 14.1. The van der Waals surface area contributed by atoms with E-state index in [2.05, 4.69) is 20.8 Å². The van der Waals surface area contributed by atoms with Crippen LogP contribution < -0.4 is 5.73 Å². The molecule has 1 nitrogen and oxygen atoms in total. The van der Waals surface area contributed by atoms with Gasteiger partial charge < -0.3 is 5.73 Å². The zero-order chi connectivity index (χ0) is 15.6. The van der Waals surface area contributed by atoms with Gasteiger partial charge in [-0.15, -0.1) is 0 Å². The number of halogens is 2. The Balaban J connectivity index is 2.18. The molecule has 1 aliphatic carbocycles. The highest BCUT2D eigenvalue weighted by Crippen LogP contribution is 2.44. The molecule has 3 atom stereocenters. The fraction of sp³-hybridized carbons (Fsp3) is 0.667. The van der Waals surface area contributed by atoms with E-state index in [1.165, 1.54) is 12.5 Å². The summed E-state index contributed by atoms with van der Waals surface area (Å²) in [6, 6.07) is 4.95. The van der Waals surface area contributed by atoms with Crippen LogP contribution in [0.1, 0.15) is 45.6 Å². The fourth-order valence-electron chi connectivity index (χ4n) is 3.66. The summed E-state index contributed by atoms with van der Waals surface area (Å²) in [6.07, 6.45) is 4.21. The Hall–Kier alpha value is -0.600. The predicted octanol–water partition coefficient (Wildman–Crippen LogP) is 5.06. The Labute approximate surface area is 133 Å². The number of benzene rings is 1. The molecule has 0 bridgehead atoms. The standard InChI is InChI=1S/C18H27ClFN/c1-18(2,3)14-8-7-12(11-21)13(9-14)10-15-16(19)5-4-6-17(15)20/h4-6,12-14H,7-11,21H2,1-3H3. The average Bonchev–Trinajstić information content (AvgIpc) is 2.42. The molecule has 1 saturated carbocycles. The van der Waals surface area contributed by atoms with Crippen LogP contribution in [0, 0.1) is 29.0 Å². The Morgan fingerprint density at radius 1 is 1.24 bits per heavy atom. The summed E-state index contributed by atoms with van der Waals surface area (Å²) in [7, 11) is 0. The highest BCUT2D eigenvalue weighted by Gasteiger charge is 2.35. The topological polar surface area (TPSA) is 26.0 Å². The van der Waals surface area contributed by atoms with Gasteiger partial charge in [0, 0.05) is 10.6 Å². The van der Waals surface area contributed by atoms with E-state index >= 15 is 0 Å². The molecule has 1 aromatic rings. The van der Waals surface area contributed by atoms with Crippen molar-refractivity contribution in [3.05, 3.63) is 34.6 Å². The third kappa shape index (κ3) is 3.98. The number of hydrogen-bond acceptors (Lipinski definition) is 1. The van der Waals surface area contributed by atoms with Gasteiger partial charge in [-0.3, -0.25) is 0 Å². The zero-order valence-corrected chi connectivity index (χ0v) is 14.1. The lowest BCUT2D eigenvalue weighted by Crippen LogP contribution is -2.36. The average molecular weight is 312 g/mol. The zero-order valence-electron chi connectivity index (χ0n) is 13.3. The fourth-order valence-corrected chi connectivity index (χ4v) is 3.90. The van der Waals surface area contributed by atoms with E-state index in [0.29, 0.717) is 46.7 Å². The van der Waals surface area contributed by atoms with Crippen molar-refractivity contribution >= 4 is 11.6 Å². The summed E-state index contributed by atoms with van der Waals surface area (Å²) in [5.74, 6) is 1.41. The summed E-state index contributed by atoms with van der Waals surface area (Å²) in [5, 5.41) is 0.545. The third-order valence-corrected chi connectivity index (χ3v) is 5.55. The number of nitrogens with two attached hydrogens (primary N) is 1. The normalized spacial score (nSPS) is 26.9. The van der Waals surface area contributed by atoms with E-state index in [4.69, 9.17) is 17.3 Å². The molecule has 118 valence electrons. The van der Waals surface area contributed by atoms with E-state index in [0.717, 1.165) is 12.8 Å². The first-order chi connectivity index (χ1) is 9.82. The van der Waals surface area contributed by atoms with Gasteiger partial charge in [-0.25, -0.2) is 4.39 Å². The SMILES string of the molecule is CC(C)(C)C1CCC(CN)C(Cc2c(F)cccc2Cl)C1. The van der Waals surface area contributed by atoms with Gasteiger partial charge in [-0.2, -0.15) is 0 Å². The van der Waals surface area contributed by atoms with Crippen molar-refractivity contribution < 1.29 is 4.39 Å². The van der Waals surface area contributed by atoms with Crippen LogP contribution in [0.5, 0.6) is 0 Å². The van der Waals surface area contributed by atoms with E-state index in [9.17, 15) is 4.39 Å². The summed E-state index contributed by atoms with van der Waals surface area (Å²) >= 11 is 6.19. The summed E-state index contributed by atoms with van der Waals surface area (Å²) < 4.78 is 14.1. The molecule has 1 aliphatic rings. The molecular formula is C18H27ClFN. The molecule has 0 saturated heterocycles. The maximum Gasteiger partial charge on any atom is 0.127 e. The second-order valence-corrected chi connectivity index (χ2v) is 7.94. The van der Waals surface area contributed by atoms with Gasteiger partial charge in [0.25, 0.3) is 0 Å². The van der Waals surface area contributed by atoms with E-state index in [1.54, 1.807) is 12.1 Å². The number of hydrogen-bond donors (Lipinski definition) is 1. The minimum atomic E-state index is -0.184. The highest BCUT2D eigenvalue weighted by molar-refractivity contribution is 6.31. The lowest BCUT2D eigenvalue weighted by molar-refractivity contribution is 0.101. The molecule has 0 spiro atoms. The van der Waals surface area contributed by atoms with Crippen molar-refractivity contribution in [2.45, 2.75) is 46.5 Å². The van der Waals surface area contributed by atoms with Gasteiger partial charge in [0.05, 0.1) is 0 Å². The molecule has 21 heavy (non-hydrogen) atoms. The minimum absolute atomic E-state index is 0.184. The summed E-state index contributed by atoms with van der Waals surface area (Å²) in [5.41, 5.74) is 6.92. The predicted molar refractivity (Wildman–Crippen MR) is 87.9 cm³/mol. The van der Waals surface area contributed by atoms with Crippen LogP contribution in [0.3, 0.4) is 0 Å². The first-order valence-electron chi connectivity index (χ1n) is 7.96. The molecule has 3 unspecified atom stereocenters. The van der Waals surface area contributed by atoms with Crippen molar-refractivity contribution in [3.8, 4) is 0 Å². The number of rotatable bonds is 3. The molecule has 2 N–H and O–H groups in total. The second-order valence-electron chi connectivity index (χ2n) is 7.54. The van der Waals surface area contributed by atoms with Gasteiger partial charge in [0.15, 0.2) is 0 Å². The highest BCUT2D eigenvalue weighted by atomic mass is 35.5. The van der Waals surface area contributed by atoms with Crippen LogP contribution in [-0.4, -0.2) is 6.54 Å². The van der Waals surface area contributed by atoms with Crippen molar-refractivity contribution in [2.75, 3.05) is 6.54 Å². The van der Waals surface area contributed by atoms with E-state index < -0.39 is 0 Å². The molecule has 0 aromatic heterocycles. The molecule has 0 heterocycles. The van der Waals surface area contributed by atoms with Crippen LogP contribution in [0.15, 0.2) is 18.2 Å². The Bertz CT molecular complexity index is 460.